The van der Waals surface area contributed by atoms with Crippen LogP contribution in [0.25, 0.3) is 6.08 Å². The van der Waals surface area contributed by atoms with Gasteiger partial charge in [0.05, 0.1) is 0 Å². The van der Waals surface area contributed by atoms with Gasteiger partial charge in [0.1, 0.15) is 0 Å². The van der Waals surface area contributed by atoms with E-state index < -0.39 is 0 Å². The molecule has 0 spiro atoms. The number of hydrogen-bond acceptors (Lipinski definition) is 2. The minimum Gasteiger partial charge on any atom is -0.301 e. The van der Waals surface area contributed by atoms with E-state index in [0.29, 0.717) is 0 Å². The number of piperazine rings is 1. The molecule has 3 rings (SSSR count). The molecule has 22 heavy (non-hydrogen) atoms. The Morgan fingerprint density at radius 2 is 1.55 bits per heavy atom. The average Bonchev–Trinajstić information content (AvgIpc) is 2.58. The number of hydrogen-bond donors (Lipinski definition) is 0. The van der Waals surface area contributed by atoms with Crippen LogP contribution in [-0.2, 0) is 0 Å². The second-order valence-electron chi connectivity index (χ2n) is 6.92. The average molecular weight is 298 g/mol. The summed E-state index contributed by atoms with van der Waals surface area (Å²) in [4.78, 5) is 5.28. The highest BCUT2D eigenvalue weighted by Crippen LogP contribution is 2.24. The molecule has 0 aromatic heterocycles. The fraction of sp³-hybridized carbons (Fsp3) is 0.600. The Morgan fingerprint density at radius 1 is 0.864 bits per heavy atom. The summed E-state index contributed by atoms with van der Waals surface area (Å²) in [6, 6.07) is 10.6. The molecule has 1 aromatic carbocycles. The van der Waals surface area contributed by atoms with E-state index in [2.05, 4.69) is 52.3 Å². The molecular formula is C20H30N2. The van der Waals surface area contributed by atoms with Crippen molar-refractivity contribution in [2.24, 2.45) is 5.92 Å². The maximum absolute atomic E-state index is 2.70. The molecule has 2 heteroatoms. The van der Waals surface area contributed by atoms with Crippen LogP contribution in [0.15, 0.2) is 36.4 Å². The zero-order chi connectivity index (χ0) is 15.0. The summed E-state index contributed by atoms with van der Waals surface area (Å²) < 4.78 is 0. The first kappa shape index (κ1) is 15.8. The molecule has 0 bridgehead atoms. The third-order valence-corrected chi connectivity index (χ3v) is 5.18. The number of rotatable bonds is 5. The summed E-state index contributed by atoms with van der Waals surface area (Å²) in [5.41, 5.74) is 1.30. The molecule has 0 atom stereocenters. The summed E-state index contributed by atoms with van der Waals surface area (Å²) in [5.74, 6) is 0.985. The third-order valence-electron chi connectivity index (χ3n) is 5.18. The van der Waals surface area contributed by atoms with Crippen LogP contribution in [0.4, 0.5) is 0 Å². The van der Waals surface area contributed by atoms with Gasteiger partial charge >= 0.3 is 0 Å². The van der Waals surface area contributed by atoms with Gasteiger partial charge in [0, 0.05) is 39.3 Å². The topological polar surface area (TPSA) is 6.48 Å². The van der Waals surface area contributed by atoms with Gasteiger partial charge in [0.25, 0.3) is 0 Å². The molecule has 120 valence electrons. The Kier molecular flexibility index (Phi) is 6.09. The molecule has 0 amide bonds. The van der Waals surface area contributed by atoms with Gasteiger partial charge in [-0.05, 0) is 24.3 Å². The van der Waals surface area contributed by atoms with Gasteiger partial charge in [-0.15, -0.1) is 0 Å². The van der Waals surface area contributed by atoms with Crippen LogP contribution in [-0.4, -0.2) is 49.1 Å². The second-order valence-corrected chi connectivity index (χ2v) is 6.92. The van der Waals surface area contributed by atoms with Gasteiger partial charge in [0.15, 0.2) is 0 Å². The highest BCUT2D eigenvalue weighted by atomic mass is 15.3. The quantitative estimate of drug-likeness (QED) is 0.813. The molecule has 1 aliphatic carbocycles. The van der Waals surface area contributed by atoms with E-state index in [4.69, 9.17) is 0 Å². The second kappa shape index (κ2) is 8.50. The van der Waals surface area contributed by atoms with Crippen LogP contribution in [0.2, 0.25) is 0 Å². The summed E-state index contributed by atoms with van der Waals surface area (Å²) >= 11 is 0. The van der Waals surface area contributed by atoms with E-state index in [9.17, 15) is 0 Å². The standard InChI is InChI=1S/C20H30N2/c1-3-8-19(9-4-1)12-7-13-21-14-16-22(17-15-21)18-20-10-5-2-6-11-20/h1,3-4,7-9,12,20H,2,5-6,10-11,13-18H2. The van der Waals surface area contributed by atoms with E-state index in [-0.39, 0.29) is 0 Å². The van der Waals surface area contributed by atoms with Crippen LogP contribution in [0.5, 0.6) is 0 Å². The fourth-order valence-corrected chi connectivity index (χ4v) is 3.79. The minimum absolute atomic E-state index is 0.985. The SMILES string of the molecule is C(=Cc1ccccc1)CN1CCN(CC2CCCCC2)CC1. The van der Waals surface area contributed by atoms with Crippen molar-refractivity contribution in [3.05, 3.63) is 42.0 Å². The molecule has 1 aromatic rings. The van der Waals surface area contributed by atoms with Crippen molar-refractivity contribution >= 4 is 6.08 Å². The zero-order valence-electron chi connectivity index (χ0n) is 13.8. The predicted molar refractivity (Wildman–Crippen MR) is 94.9 cm³/mol. The van der Waals surface area contributed by atoms with Crippen molar-refractivity contribution in [2.75, 3.05) is 39.3 Å². The van der Waals surface area contributed by atoms with Crippen molar-refractivity contribution in [1.82, 2.24) is 9.80 Å². The monoisotopic (exact) mass is 298 g/mol. The Balaban J connectivity index is 1.35. The lowest BCUT2D eigenvalue weighted by Gasteiger charge is -2.36. The van der Waals surface area contributed by atoms with Crippen LogP contribution in [0.1, 0.15) is 37.7 Å². The lowest BCUT2D eigenvalue weighted by molar-refractivity contribution is 0.117. The van der Waals surface area contributed by atoms with Crippen molar-refractivity contribution in [3.63, 3.8) is 0 Å². The van der Waals surface area contributed by atoms with Crippen molar-refractivity contribution in [1.29, 1.82) is 0 Å². The van der Waals surface area contributed by atoms with Gasteiger partial charge < -0.3 is 4.90 Å². The van der Waals surface area contributed by atoms with E-state index in [1.807, 2.05) is 0 Å². The van der Waals surface area contributed by atoms with Crippen molar-refractivity contribution in [2.45, 2.75) is 32.1 Å². The Hall–Kier alpha value is -1.12. The molecule has 2 fully saturated rings. The van der Waals surface area contributed by atoms with Gasteiger partial charge in [-0.2, -0.15) is 0 Å². The number of nitrogens with zero attached hydrogens (tertiary/aromatic N) is 2. The molecule has 1 saturated carbocycles. The van der Waals surface area contributed by atoms with Gasteiger partial charge in [-0.25, -0.2) is 0 Å². The highest BCUT2D eigenvalue weighted by molar-refractivity contribution is 5.48. The Bertz CT molecular complexity index is 440. The van der Waals surface area contributed by atoms with Gasteiger partial charge in [0.2, 0.25) is 0 Å². The third kappa shape index (κ3) is 4.96. The summed E-state index contributed by atoms with van der Waals surface area (Å²) in [6.45, 7) is 7.42. The van der Waals surface area contributed by atoms with E-state index in [0.717, 1.165) is 12.5 Å². The Labute approximate surface area is 135 Å². The lowest BCUT2D eigenvalue weighted by atomic mass is 9.89. The van der Waals surface area contributed by atoms with E-state index in [1.165, 1.54) is 70.4 Å². The maximum Gasteiger partial charge on any atom is 0.0167 e. The summed E-state index contributed by atoms with van der Waals surface area (Å²) in [5, 5.41) is 0. The zero-order valence-corrected chi connectivity index (χ0v) is 13.8. The van der Waals surface area contributed by atoms with Gasteiger partial charge in [-0.1, -0.05) is 61.7 Å². The summed E-state index contributed by atoms with van der Waals surface area (Å²) in [7, 11) is 0. The fourth-order valence-electron chi connectivity index (χ4n) is 3.79. The smallest absolute Gasteiger partial charge is 0.0167 e. The van der Waals surface area contributed by atoms with Crippen LogP contribution in [0.3, 0.4) is 0 Å². The van der Waals surface area contributed by atoms with Crippen molar-refractivity contribution in [3.8, 4) is 0 Å². The first-order valence-corrected chi connectivity index (χ1v) is 9.06. The molecule has 1 saturated heterocycles. The van der Waals surface area contributed by atoms with E-state index in [1.54, 1.807) is 0 Å². The predicted octanol–water partition coefficient (Wildman–Crippen LogP) is 3.90. The molecular weight excluding hydrogens is 268 g/mol. The molecule has 0 N–H and O–H groups in total. The molecule has 1 aliphatic heterocycles. The lowest BCUT2D eigenvalue weighted by Crippen LogP contribution is -2.47. The van der Waals surface area contributed by atoms with Crippen LogP contribution in [0, 0.1) is 5.92 Å². The largest absolute Gasteiger partial charge is 0.301 e. The first-order valence-electron chi connectivity index (χ1n) is 9.06. The van der Waals surface area contributed by atoms with Crippen molar-refractivity contribution < 1.29 is 0 Å². The maximum atomic E-state index is 2.70. The van der Waals surface area contributed by atoms with Gasteiger partial charge in [-0.3, -0.25) is 4.90 Å². The summed E-state index contributed by atoms with van der Waals surface area (Å²) in [6.07, 6.45) is 11.9. The first-order chi connectivity index (χ1) is 10.9. The molecule has 2 nitrogen and oxygen atoms in total. The molecule has 2 aliphatic rings. The number of benzene rings is 1. The molecule has 0 unspecified atom stereocenters. The highest BCUT2D eigenvalue weighted by Gasteiger charge is 2.20. The normalized spacial score (nSPS) is 22.4. The molecule has 1 heterocycles. The Morgan fingerprint density at radius 3 is 2.27 bits per heavy atom. The van der Waals surface area contributed by atoms with Crippen LogP contribution < -0.4 is 0 Å². The van der Waals surface area contributed by atoms with E-state index >= 15 is 0 Å². The molecule has 0 radical (unpaired) electrons. The van der Waals surface area contributed by atoms with Crippen LogP contribution >= 0.6 is 0 Å². The minimum atomic E-state index is 0.985.